The molecule has 1 aromatic heterocycles. The molecule has 0 radical (unpaired) electrons. The van der Waals surface area contributed by atoms with Crippen molar-refractivity contribution in [1.82, 2.24) is 15.1 Å². The van der Waals surface area contributed by atoms with Gasteiger partial charge in [0.05, 0.1) is 4.90 Å². The smallest absolute Gasteiger partial charge is 0.263 e. The van der Waals surface area contributed by atoms with Crippen molar-refractivity contribution in [3.63, 3.8) is 0 Å². The number of benzene rings is 1. The summed E-state index contributed by atoms with van der Waals surface area (Å²) in [5.41, 5.74) is 0.860. The normalized spacial score (nSPS) is 15.1. The van der Waals surface area contributed by atoms with Gasteiger partial charge in [0.1, 0.15) is 0 Å². The van der Waals surface area contributed by atoms with Crippen LogP contribution in [0.2, 0.25) is 0 Å². The summed E-state index contributed by atoms with van der Waals surface area (Å²) >= 11 is 0. The Kier molecular flexibility index (Phi) is 4.84. The Labute approximate surface area is 146 Å². The van der Waals surface area contributed by atoms with Gasteiger partial charge < -0.3 is 9.80 Å². The summed E-state index contributed by atoms with van der Waals surface area (Å²) in [5.74, 6) is 0.820. The average molecular weight is 361 g/mol. The molecule has 2 aromatic rings. The number of nitrogens with zero attached hydrogens (tertiary/aromatic N) is 4. The number of amides is 1. The number of hydrogen-bond acceptors (Lipinski definition) is 6. The Balaban J connectivity index is 1.69. The van der Waals surface area contributed by atoms with Crippen LogP contribution in [0.3, 0.4) is 0 Å². The molecule has 1 aliphatic rings. The molecule has 1 N–H and O–H groups in total. The van der Waals surface area contributed by atoms with Gasteiger partial charge in [-0.2, -0.15) is 0 Å². The van der Waals surface area contributed by atoms with Crippen molar-refractivity contribution in [3.05, 3.63) is 42.0 Å². The second kappa shape index (κ2) is 7.06. The van der Waals surface area contributed by atoms with Crippen LogP contribution in [0, 0.1) is 6.92 Å². The van der Waals surface area contributed by atoms with E-state index in [0.717, 1.165) is 12.0 Å². The zero-order valence-corrected chi connectivity index (χ0v) is 14.6. The molecule has 0 aliphatic carbocycles. The lowest BCUT2D eigenvalue weighted by molar-refractivity contribution is -0.118. The van der Waals surface area contributed by atoms with Crippen molar-refractivity contribution in [2.45, 2.75) is 11.8 Å². The van der Waals surface area contributed by atoms with Gasteiger partial charge >= 0.3 is 0 Å². The first-order valence-electron chi connectivity index (χ1n) is 7.85. The number of aromatic nitrogens is 2. The number of hydrogen-bond donors (Lipinski definition) is 1. The van der Waals surface area contributed by atoms with Crippen LogP contribution in [0.5, 0.6) is 0 Å². The number of nitrogens with one attached hydrogen (secondary N) is 1. The van der Waals surface area contributed by atoms with Gasteiger partial charge in [-0.25, -0.2) is 8.42 Å². The Morgan fingerprint density at radius 3 is 2.44 bits per heavy atom. The number of aryl methyl sites for hydroxylation is 1. The van der Waals surface area contributed by atoms with Crippen LogP contribution in [0.25, 0.3) is 0 Å². The van der Waals surface area contributed by atoms with Crippen LogP contribution < -0.4 is 9.62 Å². The summed E-state index contributed by atoms with van der Waals surface area (Å²) in [6.45, 7) is 4.43. The van der Waals surface area contributed by atoms with Gasteiger partial charge in [0.25, 0.3) is 10.0 Å². The van der Waals surface area contributed by atoms with Gasteiger partial charge in [0, 0.05) is 26.2 Å². The Bertz CT molecular complexity index is 846. The van der Waals surface area contributed by atoms with Gasteiger partial charge in [-0.15, -0.1) is 10.2 Å². The van der Waals surface area contributed by atoms with E-state index < -0.39 is 10.0 Å². The molecule has 1 saturated heterocycles. The summed E-state index contributed by atoms with van der Waals surface area (Å²) in [6, 6.07) is 9.95. The number of sulfonamides is 1. The summed E-state index contributed by atoms with van der Waals surface area (Å²) in [6.07, 6.45) is 0.839. The monoisotopic (exact) mass is 361 g/mol. The molecule has 1 aromatic carbocycles. The van der Waals surface area contributed by atoms with E-state index in [2.05, 4.69) is 14.9 Å². The van der Waals surface area contributed by atoms with Gasteiger partial charge in [-0.05, 0) is 36.8 Å². The van der Waals surface area contributed by atoms with E-state index in [4.69, 9.17) is 0 Å². The minimum absolute atomic E-state index is 0.164. The number of rotatable bonds is 5. The minimum Gasteiger partial charge on any atom is -0.352 e. The van der Waals surface area contributed by atoms with Crippen molar-refractivity contribution >= 4 is 28.1 Å². The predicted octanol–water partition coefficient (Wildman–Crippen LogP) is 0.864. The Morgan fingerprint density at radius 2 is 1.84 bits per heavy atom. The molecule has 9 heteroatoms. The molecular weight excluding hydrogens is 342 g/mol. The van der Waals surface area contributed by atoms with Crippen molar-refractivity contribution in [1.29, 1.82) is 0 Å². The van der Waals surface area contributed by atoms with Crippen LogP contribution in [-0.4, -0.2) is 56.1 Å². The summed E-state index contributed by atoms with van der Waals surface area (Å²) < 4.78 is 27.2. The third-order valence-electron chi connectivity index (χ3n) is 3.98. The first-order valence-corrected chi connectivity index (χ1v) is 9.34. The van der Waals surface area contributed by atoms with E-state index in [9.17, 15) is 13.2 Å². The number of carbonyl (C=O) groups is 1. The molecule has 25 heavy (non-hydrogen) atoms. The number of anilines is 2. The zero-order valence-electron chi connectivity index (χ0n) is 13.8. The van der Waals surface area contributed by atoms with E-state index in [1.807, 2.05) is 17.9 Å². The molecule has 0 atom stereocenters. The second-order valence-electron chi connectivity index (χ2n) is 5.83. The van der Waals surface area contributed by atoms with E-state index in [1.165, 1.54) is 6.07 Å². The van der Waals surface area contributed by atoms with E-state index in [0.29, 0.717) is 32.0 Å². The van der Waals surface area contributed by atoms with Crippen LogP contribution in [0.4, 0.5) is 11.6 Å². The zero-order chi connectivity index (χ0) is 17.9. The highest BCUT2D eigenvalue weighted by Gasteiger charge is 2.18. The van der Waals surface area contributed by atoms with Crippen LogP contribution >= 0.6 is 0 Å². The second-order valence-corrected chi connectivity index (χ2v) is 7.51. The maximum atomic E-state index is 12.4. The van der Waals surface area contributed by atoms with Crippen molar-refractivity contribution < 1.29 is 13.2 Å². The molecular formula is C16H19N5O3S. The van der Waals surface area contributed by atoms with Crippen LogP contribution in [-0.2, 0) is 14.8 Å². The Hall–Kier alpha value is -2.68. The van der Waals surface area contributed by atoms with Gasteiger partial charge in [-0.3, -0.25) is 9.52 Å². The van der Waals surface area contributed by atoms with Gasteiger partial charge in [-0.1, -0.05) is 12.1 Å². The summed E-state index contributed by atoms with van der Waals surface area (Å²) in [5, 5.41) is 8.05. The fourth-order valence-corrected chi connectivity index (χ4v) is 3.68. The molecule has 0 spiro atoms. The first-order chi connectivity index (χ1) is 12.0. The standard InChI is InChI=1S/C16H19N5O3S/c1-13-3-2-4-14(11-13)25(23,24)19-15-5-6-16(18-17-15)21-9-7-20(12-22)8-10-21/h2-6,11-12H,7-10H2,1H3,(H,17,19). The lowest BCUT2D eigenvalue weighted by Crippen LogP contribution is -2.46. The molecule has 2 heterocycles. The molecule has 1 fully saturated rings. The summed E-state index contributed by atoms with van der Waals surface area (Å²) in [7, 11) is -3.70. The summed E-state index contributed by atoms with van der Waals surface area (Å²) in [4.78, 5) is 14.6. The molecule has 1 amide bonds. The van der Waals surface area contributed by atoms with Gasteiger partial charge in [0.15, 0.2) is 11.6 Å². The molecule has 0 unspecified atom stereocenters. The van der Waals surface area contributed by atoms with Crippen molar-refractivity contribution in [2.24, 2.45) is 0 Å². The number of piperazine rings is 1. The van der Waals surface area contributed by atoms with Gasteiger partial charge in [0.2, 0.25) is 6.41 Å². The highest BCUT2D eigenvalue weighted by atomic mass is 32.2. The maximum Gasteiger partial charge on any atom is 0.263 e. The lowest BCUT2D eigenvalue weighted by atomic mass is 10.2. The molecule has 1 aliphatic heterocycles. The lowest BCUT2D eigenvalue weighted by Gasteiger charge is -2.32. The average Bonchev–Trinajstić information content (AvgIpc) is 2.62. The molecule has 8 nitrogen and oxygen atoms in total. The minimum atomic E-state index is -3.70. The van der Waals surface area contributed by atoms with E-state index in [1.54, 1.807) is 29.2 Å². The molecule has 0 saturated carbocycles. The maximum absolute atomic E-state index is 12.4. The highest BCUT2D eigenvalue weighted by molar-refractivity contribution is 7.92. The topological polar surface area (TPSA) is 95.5 Å². The third-order valence-corrected chi connectivity index (χ3v) is 5.33. The number of carbonyl (C=O) groups excluding carboxylic acids is 1. The van der Waals surface area contributed by atoms with Crippen molar-refractivity contribution in [3.8, 4) is 0 Å². The third kappa shape index (κ3) is 4.05. The van der Waals surface area contributed by atoms with E-state index in [-0.39, 0.29) is 10.7 Å². The van der Waals surface area contributed by atoms with Crippen molar-refractivity contribution in [2.75, 3.05) is 35.8 Å². The SMILES string of the molecule is Cc1cccc(S(=O)(=O)Nc2ccc(N3CCN(C=O)CC3)nn2)c1. The molecule has 0 bridgehead atoms. The van der Waals surface area contributed by atoms with Crippen LogP contribution in [0.1, 0.15) is 5.56 Å². The van der Waals surface area contributed by atoms with Crippen LogP contribution in [0.15, 0.2) is 41.3 Å². The predicted molar refractivity (Wildman–Crippen MR) is 93.9 cm³/mol. The first kappa shape index (κ1) is 17.2. The Morgan fingerprint density at radius 1 is 1.08 bits per heavy atom. The quantitative estimate of drug-likeness (QED) is 0.794. The fourth-order valence-electron chi connectivity index (χ4n) is 2.58. The largest absolute Gasteiger partial charge is 0.352 e. The molecule has 132 valence electrons. The fraction of sp³-hybridized carbons (Fsp3) is 0.312. The molecule has 3 rings (SSSR count). The van der Waals surface area contributed by atoms with E-state index >= 15 is 0 Å². The highest BCUT2D eigenvalue weighted by Crippen LogP contribution is 2.17.